The number of carbonyl (C=O) groups excluding carboxylic acids is 1. The van der Waals surface area contributed by atoms with Gasteiger partial charge in [0.05, 0.1) is 21.3 Å². The lowest BCUT2D eigenvalue weighted by molar-refractivity contribution is -0.384. The van der Waals surface area contributed by atoms with Crippen LogP contribution in [0.4, 0.5) is 17.1 Å². The predicted octanol–water partition coefficient (Wildman–Crippen LogP) is 4.98. The summed E-state index contributed by atoms with van der Waals surface area (Å²) >= 11 is 2.10. The van der Waals surface area contributed by atoms with E-state index in [1.54, 1.807) is 36.5 Å². The number of hydrogen-bond donors (Lipinski definition) is 1. The van der Waals surface area contributed by atoms with Crippen molar-refractivity contribution >= 4 is 51.8 Å². The zero-order valence-corrected chi connectivity index (χ0v) is 18.6. The summed E-state index contributed by atoms with van der Waals surface area (Å²) < 4.78 is 11.9. The molecule has 3 aromatic rings. The molecule has 0 fully saturated rings. The fraction of sp³-hybridized carbons (Fsp3) is 0.0909. The zero-order chi connectivity index (χ0) is 22.2. The Morgan fingerprint density at radius 3 is 2.52 bits per heavy atom. The number of para-hydroxylation sites is 1. The van der Waals surface area contributed by atoms with Crippen LogP contribution in [-0.2, 0) is 4.79 Å². The lowest BCUT2D eigenvalue weighted by Gasteiger charge is -2.13. The van der Waals surface area contributed by atoms with Gasteiger partial charge in [0.2, 0.25) is 0 Å². The lowest BCUT2D eigenvalue weighted by atomic mass is 10.2. The van der Waals surface area contributed by atoms with E-state index < -0.39 is 4.92 Å². The molecule has 31 heavy (non-hydrogen) atoms. The van der Waals surface area contributed by atoms with Crippen molar-refractivity contribution in [1.29, 1.82) is 0 Å². The highest BCUT2D eigenvalue weighted by Crippen LogP contribution is 2.33. The van der Waals surface area contributed by atoms with E-state index in [2.05, 4.69) is 32.9 Å². The van der Waals surface area contributed by atoms with Crippen molar-refractivity contribution in [2.45, 2.75) is 0 Å². The molecule has 0 saturated heterocycles. The van der Waals surface area contributed by atoms with E-state index in [9.17, 15) is 14.9 Å². The number of amides is 1. The highest BCUT2D eigenvalue weighted by atomic mass is 127. The van der Waals surface area contributed by atoms with Crippen molar-refractivity contribution in [1.82, 2.24) is 0 Å². The minimum absolute atomic E-state index is 0.00738. The van der Waals surface area contributed by atoms with E-state index in [-0.39, 0.29) is 18.2 Å². The monoisotopic (exact) mass is 531 g/mol. The van der Waals surface area contributed by atoms with Gasteiger partial charge in [-0.25, -0.2) is 0 Å². The number of anilines is 1. The molecule has 0 spiro atoms. The first-order chi connectivity index (χ1) is 15.0. The summed E-state index contributed by atoms with van der Waals surface area (Å²) in [6, 6.07) is 18.6. The Morgan fingerprint density at radius 2 is 1.87 bits per heavy atom. The third kappa shape index (κ3) is 6.25. The minimum Gasteiger partial charge on any atom is -0.493 e. The van der Waals surface area contributed by atoms with Gasteiger partial charge in [-0.05, 0) is 64.6 Å². The van der Waals surface area contributed by atoms with Gasteiger partial charge in [-0.3, -0.25) is 19.9 Å². The van der Waals surface area contributed by atoms with Crippen molar-refractivity contribution in [3.05, 3.63) is 86.0 Å². The second-order valence-electron chi connectivity index (χ2n) is 6.27. The Hall–Kier alpha value is -3.47. The van der Waals surface area contributed by atoms with Gasteiger partial charge < -0.3 is 14.8 Å². The predicted molar refractivity (Wildman–Crippen MR) is 127 cm³/mol. The summed E-state index contributed by atoms with van der Waals surface area (Å²) in [5.41, 5.74) is 2.03. The first-order valence-electron chi connectivity index (χ1n) is 9.10. The van der Waals surface area contributed by atoms with Gasteiger partial charge in [0.1, 0.15) is 0 Å². The molecule has 0 aliphatic heterocycles. The van der Waals surface area contributed by atoms with Crippen molar-refractivity contribution in [3.8, 4) is 11.5 Å². The van der Waals surface area contributed by atoms with Crippen LogP contribution in [0.3, 0.4) is 0 Å². The summed E-state index contributed by atoms with van der Waals surface area (Å²) in [7, 11) is 1.51. The van der Waals surface area contributed by atoms with Crippen molar-refractivity contribution in [2.24, 2.45) is 4.99 Å². The number of nitro groups is 1. The smallest absolute Gasteiger partial charge is 0.269 e. The number of rotatable bonds is 8. The normalized spacial score (nSPS) is 10.6. The molecule has 1 N–H and O–H groups in total. The molecule has 0 bridgehead atoms. The second-order valence-corrected chi connectivity index (χ2v) is 7.43. The maximum absolute atomic E-state index is 12.1. The Bertz CT molecular complexity index is 1100. The first-order valence-corrected chi connectivity index (χ1v) is 10.2. The summed E-state index contributed by atoms with van der Waals surface area (Å²) in [6.45, 7) is -0.169. The maximum Gasteiger partial charge on any atom is 0.269 e. The molecule has 0 aliphatic carbocycles. The summed E-state index contributed by atoms with van der Waals surface area (Å²) in [4.78, 5) is 26.8. The largest absolute Gasteiger partial charge is 0.493 e. The number of benzene rings is 3. The molecule has 0 aliphatic rings. The Balaban J connectivity index is 1.69. The van der Waals surface area contributed by atoms with E-state index in [1.165, 1.54) is 19.2 Å². The molecule has 0 atom stereocenters. The molecular weight excluding hydrogens is 513 g/mol. The molecule has 0 aromatic heterocycles. The highest BCUT2D eigenvalue weighted by molar-refractivity contribution is 14.1. The molecular formula is C22H18IN3O5. The standard InChI is InChI=1S/C22H18IN3O5/c1-30-20-12-15(13-24-16-7-9-18(10-8-16)26(28)29)11-19(23)22(20)31-14-21(27)25-17-5-3-2-4-6-17/h2-13H,14H2,1H3,(H,25,27). The molecule has 8 nitrogen and oxygen atoms in total. The van der Waals surface area contributed by atoms with Gasteiger partial charge in [0.25, 0.3) is 11.6 Å². The van der Waals surface area contributed by atoms with E-state index in [4.69, 9.17) is 9.47 Å². The summed E-state index contributed by atoms with van der Waals surface area (Å²) in [5.74, 6) is 0.635. The molecule has 158 valence electrons. The van der Waals surface area contributed by atoms with Crippen LogP contribution in [0, 0.1) is 13.7 Å². The Labute approximate surface area is 192 Å². The van der Waals surface area contributed by atoms with Crippen LogP contribution in [-0.4, -0.2) is 30.8 Å². The van der Waals surface area contributed by atoms with E-state index in [0.717, 1.165) is 9.13 Å². The molecule has 0 radical (unpaired) electrons. The van der Waals surface area contributed by atoms with Crippen molar-refractivity contribution in [3.63, 3.8) is 0 Å². The average molecular weight is 531 g/mol. The number of nitro benzene ring substituents is 1. The molecule has 0 saturated carbocycles. The van der Waals surface area contributed by atoms with Crippen LogP contribution in [0.25, 0.3) is 0 Å². The SMILES string of the molecule is COc1cc(C=Nc2ccc([N+](=O)[O-])cc2)cc(I)c1OCC(=O)Nc1ccccc1. The number of non-ortho nitro benzene ring substituents is 1. The third-order valence-corrected chi connectivity index (χ3v) is 4.88. The number of halogens is 1. The molecule has 1 amide bonds. The molecule has 0 unspecified atom stereocenters. The molecule has 9 heteroatoms. The topological polar surface area (TPSA) is 103 Å². The Kier molecular flexibility index (Phi) is 7.55. The third-order valence-electron chi connectivity index (χ3n) is 4.08. The van der Waals surface area contributed by atoms with Gasteiger partial charge in [-0.2, -0.15) is 0 Å². The quantitative estimate of drug-likeness (QED) is 0.191. The zero-order valence-electron chi connectivity index (χ0n) is 16.4. The van der Waals surface area contributed by atoms with Gasteiger partial charge in [-0.15, -0.1) is 0 Å². The summed E-state index contributed by atoms with van der Waals surface area (Å²) in [5, 5.41) is 13.5. The summed E-state index contributed by atoms with van der Waals surface area (Å²) in [6.07, 6.45) is 1.62. The number of methoxy groups -OCH3 is 1. The molecule has 3 rings (SSSR count). The number of ether oxygens (including phenoxy) is 2. The van der Waals surface area contributed by atoms with Gasteiger partial charge in [0, 0.05) is 24.0 Å². The van der Waals surface area contributed by atoms with Crippen LogP contribution in [0.15, 0.2) is 71.7 Å². The van der Waals surface area contributed by atoms with E-state index >= 15 is 0 Å². The fourth-order valence-corrected chi connectivity index (χ4v) is 3.40. The van der Waals surface area contributed by atoms with Crippen molar-refractivity contribution < 1.29 is 19.2 Å². The second kappa shape index (κ2) is 10.5. The van der Waals surface area contributed by atoms with E-state index in [1.807, 2.05) is 24.3 Å². The van der Waals surface area contributed by atoms with Crippen molar-refractivity contribution in [2.75, 3.05) is 19.0 Å². The van der Waals surface area contributed by atoms with Crippen LogP contribution in [0.1, 0.15) is 5.56 Å². The lowest BCUT2D eigenvalue weighted by Crippen LogP contribution is -2.20. The van der Waals surface area contributed by atoms with Crippen LogP contribution in [0.2, 0.25) is 0 Å². The van der Waals surface area contributed by atoms with E-state index in [0.29, 0.717) is 22.9 Å². The Morgan fingerprint density at radius 1 is 1.16 bits per heavy atom. The number of hydrogen-bond acceptors (Lipinski definition) is 6. The minimum atomic E-state index is -0.459. The molecule has 0 heterocycles. The average Bonchev–Trinajstić information content (AvgIpc) is 2.77. The van der Waals surface area contributed by atoms with Crippen LogP contribution in [0.5, 0.6) is 11.5 Å². The number of nitrogens with zero attached hydrogens (tertiary/aromatic N) is 2. The van der Waals surface area contributed by atoms with Gasteiger partial charge >= 0.3 is 0 Å². The molecule has 3 aromatic carbocycles. The van der Waals surface area contributed by atoms with Gasteiger partial charge in [-0.1, -0.05) is 18.2 Å². The highest BCUT2D eigenvalue weighted by Gasteiger charge is 2.13. The number of nitrogens with one attached hydrogen (secondary N) is 1. The van der Waals surface area contributed by atoms with Crippen LogP contribution < -0.4 is 14.8 Å². The first kappa shape index (κ1) is 22.2. The number of aliphatic imine (C=N–C) groups is 1. The number of carbonyl (C=O) groups is 1. The van der Waals surface area contributed by atoms with Gasteiger partial charge in [0.15, 0.2) is 18.1 Å². The van der Waals surface area contributed by atoms with Crippen LogP contribution >= 0.6 is 22.6 Å². The fourth-order valence-electron chi connectivity index (χ4n) is 2.62. The maximum atomic E-state index is 12.1.